The van der Waals surface area contributed by atoms with Gasteiger partial charge in [-0.3, -0.25) is 9.78 Å². The van der Waals surface area contributed by atoms with Gasteiger partial charge in [0.25, 0.3) is 5.91 Å². The summed E-state index contributed by atoms with van der Waals surface area (Å²) in [7, 11) is 1.65. The summed E-state index contributed by atoms with van der Waals surface area (Å²) in [6, 6.07) is 11.8. The number of aromatic nitrogens is 1. The van der Waals surface area contributed by atoms with E-state index in [0.29, 0.717) is 31.0 Å². The Kier molecular flexibility index (Phi) is 4.81. The first kappa shape index (κ1) is 17.5. The van der Waals surface area contributed by atoms with E-state index < -0.39 is 0 Å². The van der Waals surface area contributed by atoms with Crippen molar-refractivity contribution in [1.82, 2.24) is 9.88 Å². The molecule has 3 heterocycles. The molecule has 0 radical (unpaired) electrons. The van der Waals surface area contributed by atoms with E-state index in [2.05, 4.69) is 30.1 Å². The molecule has 0 atom stereocenters. The van der Waals surface area contributed by atoms with E-state index in [1.165, 1.54) is 9.75 Å². The number of aryl methyl sites for hydroxylation is 1. The van der Waals surface area contributed by atoms with Crippen molar-refractivity contribution in [1.29, 1.82) is 0 Å². The number of thiophene rings is 1. The maximum Gasteiger partial charge on any atom is 0.254 e. The van der Waals surface area contributed by atoms with E-state index in [9.17, 15) is 4.79 Å². The standard InChI is InChI=1S/C21H20N2O3S/c1-14-3-4-19(27-14)16-11-17-13-23(21(24)15-5-7-22-8-6-15)9-10-26-20(17)18(12-16)25-2/h3-8,11-12H,9-10,13H2,1-2H3. The van der Waals surface area contributed by atoms with Gasteiger partial charge in [0.15, 0.2) is 11.5 Å². The molecular weight excluding hydrogens is 360 g/mol. The van der Waals surface area contributed by atoms with Crippen molar-refractivity contribution in [2.24, 2.45) is 0 Å². The molecule has 1 aliphatic heterocycles. The quantitative estimate of drug-likeness (QED) is 0.685. The molecule has 2 aromatic heterocycles. The van der Waals surface area contributed by atoms with Crippen LogP contribution in [0.5, 0.6) is 11.5 Å². The van der Waals surface area contributed by atoms with Crippen LogP contribution in [-0.2, 0) is 6.54 Å². The Hall–Kier alpha value is -2.86. The fourth-order valence-electron chi connectivity index (χ4n) is 3.22. The average molecular weight is 380 g/mol. The number of fused-ring (bicyclic) bond motifs is 1. The van der Waals surface area contributed by atoms with Crippen LogP contribution in [0, 0.1) is 6.92 Å². The van der Waals surface area contributed by atoms with Gasteiger partial charge in [-0.25, -0.2) is 0 Å². The Bertz CT molecular complexity index is 969. The highest BCUT2D eigenvalue weighted by Gasteiger charge is 2.24. The smallest absolute Gasteiger partial charge is 0.254 e. The van der Waals surface area contributed by atoms with Crippen LogP contribution in [0.15, 0.2) is 48.8 Å². The van der Waals surface area contributed by atoms with Crippen LogP contribution in [0.25, 0.3) is 10.4 Å². The number of nitrogens with zero attached hydrogens (tertiary/aromatic N) is 2. The summed E-state index contributed by atoms with van der Waals surface area (Å²) < 4.78 is 11.5. The number of ether oxygens (including phenoxy) is 2. The zero-order valence-corrected chi connectivity index (χ0v) is 16.1. The lowest BCUT2D eigenvalue weighted by molar-refractivity contribution is 0.0733. The molecule has 0 spiro atoms. The topological polar surface area (TPSA) is 51.7 Å². The first-order valence-electron chi connectivity index (χ1n) is 8.75. The fourth-order valence-corrected chi connectivity index (χ4v) is 4.07. The van der Waals surface area contributed by atoms with Gasteiger partial charge in [0.05, 0.1) is 13.7 Å². The largest absolute Gasteiger partial charge is 0.493 e. The van der Waals surface area contributed by atoms with Crippen molar-refractivity contribution >= 4 is 17.2 Å². The number of hydrogen-bond acceptors (Lipinski definition) is 5. The van der Waals surface area contributed by atoms with Gasteiger partial charge < -0.3 is 14.4 Å². The molecule has 0 N–H and O–H groups in total. The number of benzene rings is 1. The molecule has 4 rings (SSSR count). The molecule has 1 aromatic carbocycles. The van der Waals surface area contributed by atoms with Gasteiger partial charge in [-0.1, -0.05) is 0 Å². The second-order valence-corrected chi connectivity index (χ2v) is 7.68. The molecule has 0 saturated carbocycles. The third-order valence-electron chi connectivity index (χ3n) is 4.56. The third-order valence-corrected chi connectivity index (χ3v) is 5.61. The van der Waals surface area contributed by atoms with Crippen molar-refractivity contribution in [2.75, 3.05) is 20.3 Å². The minimum atomic E-state index is -0.0230. The van der Waals surface area contributed by atoms with E-state index in [0.717, 1.165) is 16.9 Å². The lowest BCUT2D eigenvalue weighted by atomic mass is 10.1. The highest BCUT2D eigenvalue weighted by Crippen LogP contribution is 2.40. The van der Waals surface area contributed by atoms with Crippen molar-refractivity contribution in [3.05, 3.63) is 64.8 Å². The molecule has 138 valence electrons. The van der Waals surface area contributed by atoms with Gasteiger partial charge in [-0.05, 0) is 48.9 Å². The highest BCUT2D eigenvalue weighted by molar-refractivity contribution is 7.15. The number of rotatable bonds is 3. The predicted molar refractivity (Wildman–Crippen MR) is 106 cm³/mol. The van der Waals surface area contributed by atoms with Crippen molar-refractivity contribution in [2.45, 2.75) is 13.5 Å². The Morgan fingerprint density at radius 3 is 2.74 bits per heavy atom. The van der Waals surface area contributed by atoms with Crippen molar-refractivity contribution in [3.8, 4) is 21.9 Å². The van der Waals surface area contributed by atoms with Gasteiger partial charge in [0.1, 0.15) is 6.61 Å². The van der Waals surface area contributed by atoms with E-state index in [4.69, 9.17) is 9.47 Å². The molecule has 6 heteroatoms. The zero-order valence-electron chi connectivity index (χ0n) is 15.3. The molecule has 27 heavy (non-hydrogen) atoms. The lowest BCUT2D eigenvalue weighted by Crippen LogP contribution is -2.32. The number of hydrogen-bond donors (Lipinski definition) is 0. The summed E-state index contributed by atoms with van der Waals surface area (Å²) in [6.07, 6.45) is 3.27. The summed E-state index contributed by atoms with van der Waals surface area (Å²) in [4.78, 5) is 21.1. The Morgan fingerprint density at radius 1 is 1.22 bits per heavy atom. The summed E-state index contributed by atoms with van der Waals surface area (Å²) >= 11 is 1.74. The normalized spacial score (nSPS) is 13.5. The van der Waals surface area contributed by atoms with Crippen LogP contribution in [0.2, 0.25) is 0 Å². The molecule has 3 aromatic rings. The van der Waals surface area contributed by atoms with Crippen LogP contribution in [0.4, 0.5) is 0 Å². The highest BCUT2D eigenvalue weighted by atomic mass is 32.1. The molecular formula is C21H20N2O3S. The van der Waals surface area contributed by atoms with Crippen LogP contribution in [0.1, 0.15) is 20.8 Å². The fraction of sp³-hybridized carbons (Fsp3) is 0.238. The first-order valence-corrected chi connectivity index (χ1v) is 9.57. The number of amides is 1. The van der Waals surface area contributed by atoms with Gasteiger partial charge in [-0.2, -0.15) is 0 Å². The summed E-state index contributed by atoms with van der Waals surface area (Å²) in [5.41, 5.74) is 2.66. The number of methoxy groups -OCH3 is 1. The minimum absolute atomic E-state index is 0.0230. The third kappa shape index (κ3) is 3.53. The Balaban J connectivity index is 1.71. The molecule has 0 unspecified atom stereocenters. The molecule has 0 bridgehead atoms. The number of pyridine rings is 1. The van der Waals surface area contributed by atoms with E-state index in [1.807, 2.05) is 11.0 Å². The number of carbonyl (C=O) groups is 1. The van der Waals surface area contributed by atoms with Gasteiger partial charge in [0, 0.05) is 39.8 Å². The van der Waals surface area contributed by atoms with E-state index in [1.54, 1.807) is 43.0 Å². The van der Waals surface area contributed by atoms with Crippen LogP contribution in [0.3, 0.4) is 0 Å². The monoisotopic (exact) mass is 380 g/mol. The second-order valence-electron chi connectivity index (χ2n) is 6.39. The Morgan fingerprint density at radius 2 is 2.04 bits per heavy atom. The Labute approximate surface area is 162 Å². The minimum Gasteiger partial charge on any atom is -0.493 e. The van der Waals surface area contributed by atoms with Crippen LogP contribution >= 0.6 is 11.3 Å². The lowest BCUT2D eigenvalue weighted by Gasteiger charge is -2.20. The van der Waals surface area contributed by atoms with Crippen LogP contribution < -0.4 is 9.47 Å². The predicted octanol–water partition coefficient (Wildman–Crippen LogP) is 4.16. The first-order chi connectivity index (χ1) is 13.2. The zero-order chi connectivity index (χ0) is 18.8. The molecule has 1 aliphatic rings. The van der Waals surface area contributed by atoms with E-state index >= 15 is 0 Å². The second kappa shape index (κ2) is 7.40. The van der Waals surface area contributed by atoms with Crippen LogP contribution in [-0.4, -0.2) is 36.1 Å². The summed E-state index contributed by atoms with van der Waals surface area (Å²) in [5, 5.41) is 0. The molecule has 0 fully saturated rings. The number of carbonyl (C=O) groups excluding carboxylic acids is 1. The molecule has 5 nitrogen and oxygen atoms in total. The maximum atomic E-state index is 12.9. The molecule has 0 saturated heterocycles. The van der Waals surface area contributed by atoms with Gasteiger partial charge in [0.2, 0.25) is 0 Å². The molecule has 0 aliphatic carbocycles. The average Bonchev–Trinajstić information content (AvgIpc) is 3.02. The van der Waals surface area contributed by atoms with Crippen molar-refractivity contribution < 1.29 is 14.3 Å². The van der Waals surface area contributed by atoms with Crippen molar-refractivity contribution in [3.63, 3.8) is 0 Å². The maximum absolute atomic E-state index is 12.9. The molecule has 1 amide bonds. The summed E-state index contributed by atoms with van der Waals surface area (Å²) in [5.74, 6) is 1.40. The van der Waals surface area contributed by atoms with Gasteiger partial charge in [-0.15, -0.1) is 11.3 Å². The van der Waals surface area contributed by atoms with Gasteiger partial charge >= 0.3 is 0 Å². The summed E-state index contributed by atoms with van der Waals surface area (Å²) in [6.45, 7) is 3.52. The SMILES string of the molecule is COc1cc(-c2ccc(C)s2)cc2c1OCCN(C(=O)c1ccncc1)C2. The van der Waals surface area contributed by atoms with E-state index in [-0.39, 0.29) is 5.91 Å².